The molecular weight excluding hydrogens is 332 g/mol. The number of aliphatic carboxylic acids is 1. The molecule has 6 nitrogen and oxygen atoms in total. The average molecular weight is 352 g/mol. The summed E-state index contributed by atoms with van der Waals surface area (Å²) in [5.41, 5.74) is 1.49. The summed E-state index contributed by atoms with van der Waals surface area (Å²) in [6.07, 6.45) is 1.64. The standard InChI is InChI=1S/C20H20N2O4/c1-13(20(25)26)22(17-11-12-17)19(24)15-9-7-14(8-10-15)18(23)21-16-5-3-2-4-6-16/h2-10,13,17H,11-12H2,1H3,(H,21,23)(H,25,26). The van der Waals surface area contributed by atoms with Crippen LogP contribution in [0.25, 0.3) is 0 Å². The molecule has 2 aromatic rings. The van der Waals surface area contributed by atoms with Crippen molar-refractivity contribution in [3.8, 4) is 0 Å². The van der Waals surface area contributed by atoms with Crippen molar-refractivity contribution in [1.29, 1.82) is 0 Å². The average Bonchev–Trinajstić information content (AvgIpc) is 3.47. The van der Waals surface area contributed by atoms with E-state index in [9.17, 15) is 19.5 Å². The van der Waals surface area contributed by atoms with E-state index in [2.05, 4.69) is 5.32 Å². The second kappa shape index (κ2) is 7.39. The van der Waals surface area contributed by atoms with E-state index in [1.165, 1.54) is 11.8 Å². The van der Waals surface area contributed by atoms with E-state index in [0.29, 0.717) is 16.8 Å². The molecule has 0 saturated heterocycles. The second-order valence-electron chi connectivity index (χ2n) is 6.36. The smallest absolute Gasteiger partial charge is 0.326 e. The first kappa shape index (κ1) is 17.7. The maximum atomic E-state index is 12.7. The molecule has 0 spiro atoms. The number of benzene rings is 2. The molecule has 0 bridgehead atoms. The van der Waals surface area contributed by atoms with E-state index < -0.39 is 12.0 Å². The predicted octanol–water partition coefficient (Wildman–Crippen LogP) is 3.02. The molecule has 2 amide bonds. The van der Waals surface area contributed by atoms with Crippen LogP contribution in [-0.4, -0.2) is 39.9 Å². The molecule has 2 aromatic carbocycles. The number of amides is 2. The number of anilines is 1. The Balaban J connectivity index is 1.73. The molecule has 0 radical (unpaired) electrons. The summed E-state index contributed by atoms with van der Waals surface area (Å²) in [5, 5.41) is 12.0. The van der Waals surface area contributed by atoms with Crippen molar-refractivity contribution in [3.63, 3.8) is 0 Å². The van der Waals surface area contributed by atoms with E-state index in [4.69, 9.17) is 0 Å². The monoisotopic (exact) mass is 352 g/mol. The molecule has 1 aliphatic carbocycles. The van der Waals surface area contributed by atoms with Gasteiger partial charge in [-0.3, -0.25) is 9.59 Å². The van der Waals surface area contributed by atoms with Crippen molar-refractivity contribution in [2.75, 3.05) is 5.32 Å². The van der Waals surface area contributed by atoms with Crippen LogP contribution in [0.2, 0.25) is 0 Å². The molecule has 1 aliphatic rings. The van der Waals surface area contributed by atoms with Crippen LogP contribution in [0.4, 0.5) is 5.69 Å². The van der Waals surface area contributed by atoms with Crippen molar-refractivity contribution in [2.24, 2.45) is 0 Å². The lowest BCUT2D eigenvalue weighted by atomic mass is 10.1. The lowest BCUT2D eigenvalue weighted by Crippen LogP contribution is -2.44. The quantitative estimate of drug-likeness (QED) is 0.837. The summed E-state index contributed by atoms with van der Waals surface area (Å²) in [5.74, 6) is -1.62. The molecular formula is C20H20N2O4. The van der Waals surface area contributed by atoms with Crippen LogP contribution in [0.5, 0.6) is 0 Å². The van der Waals surface area contributed by atoms with E-state index in [-0.39, 0.29) is 17.9 Å². The van der Waals surface area contributed by atoms with Gasteiger partial charge in [-0.2, -0.15) is 0 Å². The number of carboxylic acid groups (broad SMARTS) is 1. The second-order valence-corrected chi connectivity index (χ2v) is 6.36. The van der Waals surface area contributed by atoms with Crippen LogP contribution in [0.3, 0.4) is 0 Å². The molecule has 3 rings (SSSR count). The van der Waals surface area contributed by atoms with Crippen LogP contribution in [0.1, 0.15) is 40.5 Å². The number of carboxylic acids is 1. The highest BCUT2D eigenvalue weighted by molar-refractivity contribution is 6.05. The van der Waals surface area contributed by atoms with Gasteiger partial charge in [-0.05, 0) is 56.2 Å². The summed E-state index contributed by atoms with van der Waals surface area (Å²) in [4.78, 5) is 37.7. The minimum absolute atomic E-state index is 0.0188. The molecule has 1 saturated carbocycles. The minimum Gasteiger partial charge on any atom is -0.480 e. The molecule has 0 aliphatic heterocycles. The van der Waals surface area contributed by atoms with Crippen molar-refractivity contribution >= 4 is 23.5 Å². The van der Waals surface area contributed by atoms with Crippen LogP contribution >= 0.6 is 0 Å². The van der Waals surface area contributed by atoms with Crippen LogP contribution in [0.15, 0.2) is 54.6 Å². The highest BCUT2D eigenvalue weighted by atomic mass is 16.4. The van der Waals surface area contributed by atoms with Crippen LogP contribution in [0, 0.1) is 0 Å². The fourth-order valence-electron chi connectivity index (χ4n) is 2.77. The Morgan fingerprint density at radius 3 is 2.12 bits per heavy atom. The first-order valence-corrected chi connectivity index (χ1v) is 8.49. The van der Waals surface area contributed by atoms with Gasteiger partial charge in [0.15, 0.2) is 0 Å². The normalized spacial score (nSPS) is 14.3. The van der Waals surface area contributed by atoms with Crippen LogP contribution in [-0.2, 0) is 4.79 Å². The van der Waals surface area contributed by atoms with Gasteiger partial charge in [0.2, 0.25) is 0 Å². The van der Waals surface area contributed by atoms with E-state index in [1.54, 1.807) is 36.4 Å². The molecule has 26 heavy (non-hydrogen) atoms. The fraction of sp³-hybridized carbons (Fsp3) is 0.250. The van der Waals surface area contributed by atoms with Gasteiger partial charge in [0.25, 0.3) is 11.8 Å². The zero-order valence-corrected chi connectivity index (χ0v) is 14.4. The van der Waals surface area contributed by atoms with Crippen molar-refractivity contribution < 1.29 is 19.5 Å². The summed E-state index contributed by atoms with van der Waals surface area (Å²) in [6.45, 7) is 1.51. The summed E-state index contributed by atoms with van der Waals surface area (Å²) in [7, 11) is 0. The minimum atomic E-state index is -1.02. The first-order chi connectivity index (χ1) is 12.5. The summed E-state index contributed by atoms with van der Waals surface area (Å²) in [6, 6.07) is 14.5. The third-order valence-corrected chi connectivity index (χ3v) is 4.38. The number of carbonyl (C=O) groups excluding carboxylic acids is 2. The molecule has 134 valence electrons. The van der Waals surface area contributed by atoms with Crippen molar-refractivity contribution in [3.05, 3.63) is 65.7 Å². The zero-order chi connectivity index (χ0) is 18.7. The van der Waals surface area contributed by atoms with Crippen LogP contribution < -0.4 is 5.32 Å². The largest absolute Gasteiger partial charge is 0.480 e. The van der Waals surface area contributed by atoms with Gasteiger partial charge in [-0.15, -0.1) is 0 Å². The van der Waals surface area contributed by atoms with Gasteiger partial charge in [-0.1, -0.05) is 18.2 Å². The van der Waals surface area contributed by atoms with Gasteiger partial charge in [-0.25, -0.2) is 4.79 Å². The highest BCUT2D eigenvalue weighted by Gasteiger charge is 2.38. The topological polar surface area (TPSA) is 86.7 Å². The highest BCUT2D eigenvalue weighted by Crippen LogP contribution is 2.30. The lowest BCUT2D eigenvalue weighted by molar-refractivity contribution is -0.141. The number of nitrogens with one attached hydrogen (secondary N) is 1. The predicted molar refractivity (Wildman–Crippen MR) is 97.1 cm³/mol. The van der Waals surface area contributed by atoms with Gasteiger partial charge in [0.05, 0.1) is 0 Å². The fourth-order valence-corrected chi connectivity index (χ4v) is 2.77. The maximum Gasteiger partial charge on any atom is 0.326 e. The Bertz CT molecular complexity index is 813. The molecule has 2 N–H and O–H groups in total. The van der Waals surface area contributed by atoms with E-state index in [0.717, 1.165) is 12.8 Å². The van der Waals surface area contributed by atoms with Crippen molar-refractivity contribution in [1.82, 2.24) is 4.90 Å². The molecule has 6 heteroatoms. The Morgan fingerprint density at radius 1 is 1.00 bits per heavy atom. The summed E-state index contributed by atoms with van der Waals surface area (Å²) >= 11 is 0. The van der Waals surface area contributed by atoms with Crippen molar-refractivity contribution in [2.45, 2.75) is 31.8 Å². The third-order valence-electron chi connectivity index (χ3n) is 4.38. The van der Waals surface area contributed by atoms with Gasteiger partial charge in [0, 0.05) is 22.9 Å². The number of para-hydroxylation sites is 1. The van der Waals surface area contributed by atoms with E-state index >= 15 is 0 Å². The number of hydrogen-bond donors (Lipinski definition) is 2. The molecule has 1 unspecified atom stereocenters. The SMILES string of the molecule is CC(C(=O)O)N(C(=O)c1ccc(C(=O)Nc2ccccc2)cc1)C1CC1. The molecule has 1 fully saturated rings. The number of nitrogens with zero attached hydrogens (tertiary/aromatic N) is 1. The van der Waals surface area contributed by atoms with Gasteiger partial charge >= 0.3 is 5.97 Å². The number of carbonyl (C=O) groups is 3. The lowest BCUT2D eigenvalue weighted by Gasteiger charge is -2.26. The molecule has 0 heterocycles. The van der Waals surface area contributed by atoms with E-state index in [1.807, 2.05) is 18.2 Å². The molecule has 0 aromatic heterocycles. The Morgan fingerprint density at radius 2 is 1.58 bits per heavy atom. The third kappa shape index (κ3) is 3.91. The van der Waals surface area contributed by atoms with Gasteiger partial charge in [0.1, 0.15) is 6.04 Å². The summed E-state index contributed by atoms with van der Waals surface area (Å²) < 4.78 is 0. The maximum absolute atomic E-state index is 12.7. The Kier molecular flexibility index (Phi) is 5.02. The zero-order valence-electron chi connectivity index (χ0n) is 14.4. The first-order valence-electron chi connectivity index (χ1n) is 8.49. The number of hydrogen-bond acceptors (Lipinski definition) is 3. The Hall–Kier alpha value is -3.15. The number of rotatable bonds is 6. The van der Waals surface area contributed by atoms with Gasteiger partial charge < -0.3 is 15.3 Å². The molecule has 1 atom stereocenters. The Labute approximate surface area is 151 Å².